The quantitative estimate of drug-likeness (QED) is 0.473. The first-order chi connectivity index (χ1) is 14.6. The summed E-state index contributed by atoms with van der Waals surface area (Å²) >= 11 is 0. The first kappa shape index (κ1) is 20.0. The number of nitrogens with one attached hydrogen (secondary N) is 1. The van der Waals surface area contributed by atoms with Crippen molar-refractivity contribution in [1.29, 1.82) is 0 Å². The van der Waals surface area contributed by atoms with Crippen LogP contribution in [0.2, 0.25) is 0 Å². The van der Waals surface area contributed by atoms with E-state index in [4.69, 9.17) is 19.2 Å². The Morgan fingerprint density at radius 1 is 1.13 bits per heavy atom. The van der Waals surface area contributed by atoms with Crippen LogP contribution in [0.15, 0.2) is 59.8 Å². The fourth-order valence-corrected chi connectivity index (χ4v) is 3.75. The predicted octanol–water partition coefficient (Wildman–Crippen LogP) is 3.91. The van der Waals surface area contributed by atoms with Crippen molar-refractivity contribution in [1.82, 2.24) is 9.55 Å². The zero-order chi connectivity index (χ0) is 21.1. The van der Waals surface area contributed by atoms with Gasteiger partial charge in [-0.2, -0.15) is 0 Å². The molecular formula is C23H25N3O4. The lowest BCUT2D eigenvalue weighted by Gasteiger charge is -2.30. The highest BCUT2D eigenvalue weighted by atomic mass is 16.6. The lowest BCUT2D eigenvalue weighted by atomic mass is 9.95. The molecule has 1 aliphatic heterocycles. The van der Waals surface area contributed by atoms with Crippen LogP contribution in [0, 0.1) is 0 Å². The van der Waals surface area contributed by atoms with Crippen LogP contribution < -0.4 is 10.1 Å². The lowest BCUT2D eigenvalue weighted by Crippen LogP contribution is -2.29. The third kappa shape index (κ3) is 3.64. The van der Waals surface area contributed by atoms with Gasteiger partial charge in [0.05, 0.1) is 35.9 Å². The van der Waals surface area contributed by atoms with E-state index in [0.717, 1.165) is 28.0 Å². The maximum Gasteiger partial charge on any atom is 0.338 e. The molecule has 1 N–H and O–H groups in total. The monoisotopic (exact) mass is 407 g/mol. The van der Waals surface area contributed by atoms with Gasteiger partial charge >= 0.3 is 5.97 Å². The molecule has 0 spiro atoms. The van der Waals surface area contributed by atoms with Crippen molar-refractivity contribution in [3.05, 3.63) is 65.4 Å². The number of nitrogens with zero attached hydrogens (tertiary/aromatic N) is 2. The SMILES string of the molecule is CCOc1ccc([C@@H]2C(C(=O)OCCOC)=C(C)Nc3nc4ccccc4n32)cc1. The number of esters is 1. The van der Waals surface area contributed by atoms with E-state index in [9.17, 15) is 4.79 Å². The fraction of sp³-hybridized carbons (Fsp3) is 0.304. The van der Waals surface area contributed by atoms with Crippen LogP contribution in [-0.2, 0) is 14.3 Å². The van der Waals surface area contributed by atoms with Gasteiger partial charge in [-0.25, -0.2) is 9.78 Å². The number of rotatable bonds is 7. The second kappa shape index (κ2) is 8.59. The highest BCUT2D eigenvalue weighted by Crippen LogP contribution is 2.39. The minimum Gasteiger partial charge on any atom is -0.494 e. The number of methoxy groups -OCH3 is 1. The number of anilines is 1. The molecule has 7 heteroatoms. The molecule has 3 aromatic rings. The van der Waals surface area contributed by atoms with Gasteiger partial charge in [0.1, 0.15) is 12.4 Å². The number of fused-ring (bicyclic) bond motifs is 3. The predicted molar refractivity (Wildman–Crippen MR) is 115 cm³/mol. The molecule has 2 aromatic carbocycles. The van der Waals surface area contributed by atoms with Crippen molar-refractivity contribution in [2.45, 2.75) is 19.9 Å². The van der Waals surface area contributed by atoms with Gasteiger partial charge in [0, 0.05) is 12.8 Å². The molecule has 0 radical (unpaired) electrons. The number of allylic oxidation sites excluding steroid dienone is 1. The number of aromatic nitrogens is 2. The molecule has 1 aliphatic rings. The highest BCUT2D eigenvalue weighted by Gasteiger charge is 2.34. The molecule has 4 rings (SSSR count). The summed E-state index contributed by atoms with van der Waals surface area (Å²) in [5.41, 5.74) is 4.01. The van der Waals surface area contributed by atoms with Gasteiger partial charge in [-0.1, -0.05) is 24.3 Å². The summed E-state index contributed by atoms with van der Waals surface area (Å²) in [4.78, 5) is 17.8. The highest BCUT2D eigenvalue weighted by molar-refractivity contribution is 5.94. The maximum atomic E-state index is 13.1. The Morgan fingerprint density at radius 2 is 1.90 bits per heavy atom. The molecule has 7 nitrogen and oxygen atoms in total. The van der Waals surface area contributed by atoms with E-state index in [-0.39, 0.29) is 18.6 Å². The van der Waals surface area contributed by atoms with Crippen molar-refractivity contribution in [2.24, 2.45) is 0 Å². The van der Waals surface area contributed by atoms with Gasteiger partial charge in [0.25, 0.3) is 0 Å². The van der Waals surface area contributed by atoms with Crippen LogP contribution >= 0.6 is 0 Å². The van der Waals surface area contributed by atoms with Crippen LogP contribution in [0.3, 0.4) is 0 Å². The van der Waals surface area contributed by atoms with Crippen LogP contribution in [0.25, 0.3) is 11.0 Å². The smallest absolute Gasteiger partial charge is 0.338 e. The molecular weight excluding hydrogens is 382 g/mol. The molecule has 0 amide bonds. The van der Waals surface area contributed by atoms with Crippen molar-refractivity contribution in [2.75, 3.05) is 32.2 Å². The Morgan fingerprint density at radius 3 is 2.63 bits per heavy atom. The number of carbonyl (C=O) groups excluding carboxylic acids is 1. The Kier molecular flexibility index (Phi) is 5.72. The van der Waals surface area contributed by atoms with Crippen molar-refractivity contribution in [3.63, 3.8) is 0 Å². The van der Waals surface area contributed by atoms with Gasteiger partial charge in [0.15, 0.2) is 0 Å². The Balaban J connectivity index is 1.83. The van der Waals surface area contributed by atoms with E-state index in [2.05, 4.69) is 5.32 Å². The lowest BCUT2D eigenvalue weighted by molar-refractivity contribution is -0.140. The van der Waals surface area contributed by atoms with Crippen LogP contribution in [0.1, 0.15) is 25.5 Å². The zero-order valence-electron chi connectivity index (χ0n) is 17.3. The zero-order valence-corrected chi connectivity index (χ0v) is 17.3. The van der Waals surface area contributed by atoms with Crippen molar-refractivity contribution >= 4 is 23.0 Å². The number of para-hydroxylation sites is 2. The van der Waals surface area contributed by atoms with Gasteiger partial charge < -0.3 is 19.5 Å². The van der Waals surface area contributed by atoms with Gasteiger partial charge in [0.2, 0.25) is 5.95 Å². The number of ether oxygens (including phenoxy) is 3. The maximum absolute atomic E-state index is 13.1. The average Bonchev–Trinajstić information content (AvgIpc) is 3.11. The molecule has 0 aliphatic carbocycles. The van der Waals surface area contributed by atoms with Crippen molar-refractivity contribution < 1.29 is 19.0 Å². The van der Waals surface area contributed by atoms with E-state index in [1.807, 2.05) is 66.9 Å². The summed E-state index contributed by atoms with van der Waals surface area (Å²) in [5, 5.41) is 3.28. The van der Waals surface area contributed by atoms with Gasteiger partial charge in [-0.15, -0.1) is 0 Å². The average molecular weight is 407 g/mol. The minimum atomic E-state index is -0.376. The number of benzene rings is 2. The fourth-order valence-electron chi connectivity index (χ4n) is 3.75. The van der Waals surface area contributed by atoms with Gasteiger partial charge in [-0.05, 0) is 43.7 Å². The largest absolute Gasteiger partial charge is 0.494 e. The third-order valence-corrected chi connectivity index (χ3v) is 5.08. The summed E-state index contributed by atoms with van der Waals surface area (Å²) in [7, 11) is 1.58. The molecule has 0 bridgehead atoms. The molecule has 0 saturated heterocycles. The Labute approximate surface area is 175 Å². The summed E-state index contributed by atoms with van der Waals surface area (Å²) in [6, 6.07) is 15.3. The standard InChI is InChI=1S/C23H25N3O4/c1-4-29-17-11-9-16(10-12-17)21-20(22(27)30-14-13-28-3)15(2)24-23-25-18-7-5-6-8-19(18)26(21)23/h5-12,21H,4,13-14H2,1-3H3,(H,24,25)/t21-/m1/s1. The summed E-state index contributed by atoms with van der Waals surface area (Å²) < 4.78 is 18.1. The molecule has 156 valence electrons. The molecule has 0 unspecified atom stereocenters. The van der Waals surface area contributed by atoms with E-state index < -0.39 is 0 Å². The Hall–Kier alpha value is -3.32. The normalized spacial score (nSPS) is 15.6. The number of hydrogen-bond acceptors (Lipinski definition) is 6. The molecule has 0 fully saturated rings. The summed E-state index contributed by atoms with van der Waals surface area (Å²) in [6.45, 7) is 4.96. The second-order valence-electron chi connectivity index (χ2n) is 6.99. The first-order valence-electron chi connectivity index (χ1n) is 9.97. The van der Waals surface area contributed by atoms with Crippen molar-refractivity contribution in [3.8, 4) is 5.75 Å². The summed E-state index contributed by atoms with van der Waals surface area (Å²) in [6.07, 6.45) is 0. The first-order valence-corrected chi connectivity index (χ1v) is 9.97. The van der Waals surface area contributed by atoms with Gasteiger partial charge in [-0.3, -0.25) is 4.57 Å². The second-order valence-corrected chi connectivity index (χ2v) is 6.99. The molecule has 0 saturated carbocycles. The van der Waals surface area contributed by atoms with Crippen LogP contribution in [0.4, 0.5) is 5.95 Å². The summed E-state index contributed by atoms with van der Waals surface area (Å²) in [5.74, 6) is 1.11. The molecule has 1 aromatic heterocycles. The van der Waals surface area contributed by atoms with Crippen LogP contribution in [-0.4, -0.2) is 42.5 Å². The number of imidazole rings is 1. The molecule has 30 heavy (non-hydrogen) atoms. The molecule has 1 atom stereocenters. The Bertz CT molecular complexity index is 1090. The number of carbonyl (C=O) groups is 1. The van der Waals surface area contributed by atoms with E-state index in [0.29, 0.717) is 24.7 Å². The molecule has 2 heterocycles. The topological polar surface area (TPSA) is 74.6 Å². The third-order valence-electron chi connectivity index (χ3n) is 5.08. The van der Waals surface area contributed by atoms with E-state index in [1.165, 1.54) is 0 Å². The van der Waals surface area contributed by atoms with E-state index in [1.54, 1.807) is 7.11 Å². The minimum absolute atomic E-state index is 0.194. The number of hydrogen-bond donors (Lipinski definition) is 1. The van der Waals surface area contributed by atoms with Crippen LogP contribution in [0.5, 0.6) is 5.75 Å². The van der Waals surface area contributed by atoms with E-state index >= 15 is 0 Å².